The molecule has 0 amide bonds. The summed E-state index contributed by atoms with van der Waals surface area (Å²) in [4.78, 5) is 23.3. The van der Waals surface area contributed by atoms with E-state index in [9.17, 15) is 4.79 Å². The van der Waals surface area contributed by atoms with Gasteiger partial charge < -0.3 is 19.8 Å². The summed E-state index contributed by atoms with van der Waals surface area (Å²) in [5, 5.41) is 0.423. The molecule has 0 unspecified atom stereocenters. The Balaban J connectivity index is 1.70. The lowest BCUT2D eigenvalue weighted by molar-refractivity contribution is 0.0526. The first kappa shape index (κ1) is 16.4. The Bertz CT molecular complexity index is 996. The number of hydrogen-bond donors (Lipinski definition) is 1. The van der Waals surface area contributed by atoms with E-state index < -0.39 is 5.97 Å². The third-order valence-electron chi connectivity index (χ3n) is 4.60. The third kappa shape index (κ3) is 2.65. The van der Waals surface area contributed by atoms with Crippen LogP contribution >= 0.6 is 0 Å². The number of carbonyl (C=O) groups excluding carboxylic acids is 1. The maximum atomic E-state index is 12.2. The fourth-order valence-corrected chi connectivity index (χ4v) is 3.44. The molecule has 1 aliphatic rings. The van der Waals surface area contributed by atoms with Gasteiger partial charge in [-0.1, -0.05) is 18.2 Å². The van der Waals surface area contributed by atoms with Crippen molar-refractivity contribution in [3.63, 3.8) is 0 Å². The van der Waals surface area contributed by atoms with Crippen LogP contribution in [0.25, 0.3) is 11.1 Å². The SMILES string of the molecule is CCOC(=O)c1c(C)oc2nc(CN3CCc4ccccc43)nc(N)c12. The lowest BCUT2D eigenvalue weighted by Crippen LogP contribution is -2.21. The fraction of sp³-hybridized carbons (Fsp3) is 0.316. The predicted molar refractivity (Wildman–Crippen MR) is 98.1 cm³/mol. The van der Waals surface area contributed by atoms with Gasteiger partial charge in [-0.25, -0.2) is 9.78 Å². The second-order valence-electron chi connectivity index (χ2n) is 6.26. The third-order valence-corrected chi connectivity index (χ3v) is 4.60. The molecule has 1 aromatic carbocycles. The van der Waals surface area contributed by atoms with Gasteiger partial charge in [-0.05, 0) is 31.9 Å². The summed E-state index contributed by atoms with van der Waals surface area (Å²) < 4.78 is 10.8. The van der Waals surface area contributed by atoms with Crippen molar-refractivity contribution in [3.8, 4) is 0 Å². The fourth-order valence-electron chi connectivity index (χ4n) is 3.44. The zero-order valence-corrected chi connectivity index (χ0v) is 14.8. The molecule has 0 fully saturated rings. The summed E-state index contributed by atoms with van der Waals surface area (Å²) in [7, 11) is 0. The minimum atomic E-state index is -0.472. The van der Waals surface area contributed by atoms with Gasteiger partial charge in [0.1, 0.15) is 17.1 Å². The number of anilines is 2. The van der Waals surface area contributed by atoms with Crippen LogP contribution in [0.4, 0.5) is 11.5 Å². The van der Waals surface area contributed by atoms with Crippen molar-refractivity contribution in [2.45, 2.75) is 26.8 Å². The quantitative estimate of drug-likeness (QED) is 0.721. The molecule has 0 atom stereocenters. The highest BCUT2D eigenvalue weighted by molar-refractivity contribution is 6.07. The highest BCUT2D eigenvalue weighted by atomic mass is 16.5. The molecule has 3 heterocycles. The van der Waals surface area contributed by atoms with Crippen LogP contribution in [0.15, 0.2) is 28.7 Å². The van der Waals surface area contributed by atoms with Crippen molar-refractivity contribution in [2.75, 3.05) is 23.8 Å². The lowest BCUT2D eigenvalue weighted by Gasteiger charge is -2.18. The normalized spacial score (nSPS) is 13.2. The van der Waals surface area contributed by atoms with E-state index in [0.717, 1.165) is 13.0 Å². The molecule has 0 bridgehead atoms. The van der Waals surface area contributed by atoms with E-state index >= 15 is 0 Å². The molecule has 4 rings (SSSR count). The summed E-state index contributed by atoms with van der Waals surface area (Å²) in [6, 6.07) is 8.30. The Morgan fingerprint density at radius 1 is 1.35 bits per heavy atom. The molecule has 7 heteroatoms. The predicted octanol–water partition coefficient (Wildman–Crippen LogP) is 2.85. The van der Waals surface area contributed by atoms with Crippen LogP contribution < -0.4 is 10.6 Å². The van der Waals surface area contributed by atoms with E-state index in [1.165, 1.54) is 11.3 Å². The summed E-state index contributed by atoms with van der Waals surface area (Å²) in [6.07, 6.45) is 1.00. The number of nitrogens with zero attached hydrogens (tertiary/aromatic N) is 3. The molecular formula is C19H20N4O3. The highest BCUT2D eigenvalue weighted by Crippen LogP contribution is 2.31. The first-order chi connectivity index (χ1) is 12.6. The maximum absolute atomic E-state index is 12.2. The highest BCUT2D eigenvalue weighted by Gasteiger charge is 2.25. The van der Waals surface area contributed by atoms with Crippen LogP contribution in [-0.4, -0.2) is 29.1 Å². The van der Waals surface area contributed by atoms with Gasteiger partial charge in [0.05, 0.1) is 18.5 Å². The van der Waals surface area contributed by atoms with Crippen LogP contribution in [-0.2, 0) is 17.7 Å². The molecule has 0 saturated carbocycles. The monoisotopic (exact) mass is 352 g/mol. The standard InChI is InChI=1S/C19H20N4O3/c1-3-25-19(24)15-11(2)26-18-16(15)17(20)21-14(22-18)10-23-9-8-12-6-4-5-7-13(12)23/h4-7H,3,8-10H2,1-2H3,(H2,20,21,22). The summed E-state index contributed by atoms with van der Waals surface area (Å²) in [5.41, 5.74) is 9.27. The number of carbonyl (C=O) groups is 1. The first-order valence-corrected chi connectivity index (χ1v) is 8.64. The van der Waals surface area contributed by atoms with Crippen molar-refractivity contribution >= 4 is 28.6 Å². The smallest absolute Gasteiger partial charge is 0.342 e. The van der Waals surface area contributed by atoms with Crippen LogP contribution in [0.1, 0.15) is 34.4 Å². The minimum Gasteiger partial charge on any atom is -0.462 e. The van der Waals surface area contributed by atoms with E-state index in [2.05, 4.69) is 27.0 Å². The van der Waals surface area contributed by atoms with Crippen LogP contribution in [0.2, 0.25) is 0 Å². The van der Waals surface area contributed by atoms with Crippen molar-refractivity contribution in [3.05, 3.63) is 47.0 Å². The van der Waals surface area contributed by atoms with E-state index in [1.807, 2.05) is 12.1 Å². The van der Waals surface area contributed by atoms with Gasteiger partial charge in [-0.3, -0.25) is 0 Å². The lowest BCUT2D eigenvalue weighted by atomic mass is 10.2. The molecule has 0 radical (unpaired) electrons. The van der Waals surface area contributed by atoms with Gasteiger partial charge in [0, 0.05) is 12.2 Å². The Kier molecular flexibility index (Phi) is 3.99. The number of aromatic nitrogens is 2. The van der Waals surface area contributed by atoms with Crippen LogP contribution in [0.5, 0.6) is 0 Å². The van der Waals surface area contributed by atoms with Crippen LogP contribution in [0.3, 0.4) is 0 Å². The van der Waals surface area contributed by atoms with E-state index in [-0.39, 0.29) is 12.4 Å². The molecular weight excluding hydrogens is 332 g/mol. The molecule has 1 aliphatic heterocycles. The zero-order valence-electron chi connectivity index (χ0n) is 14.8. The number of aryl methyl sites for hydroxylation is 1. The second-order valence-corrected chi connectivity index (χ2v) is 6.26. The van der Waals surface area contributed by atoms with Crippen molar-refractivity contribution < 1.29 is 13.9 Å². The molecule has 7 nitrogen and oxygen atoms in total. The largest absolute Gasteiger partial charge is 0.462 e. The van der Waals surface area contributed by atoms with Crippen molar-refractivity contribution in [1.29, 1.82) is 0 Å². The number of benzene rings is 1. The topological polar surface area (TPSA) is 94.5 Å². The van der Waals surface area contributed by atoms with Crippen LogP contribution in [0, 0.1) is 6.92 Å². The summed E-state index contributed by atoms with van der Waals surface area (Å²) in [5.74, 6) is 0.761. The number of fused-ring (bicyclic) bond motifs is 2. The average Bonchev–Trinajstić information content (AvgIpc) is 3.16. The molecule has 3 aromatic rings. The number of esters is 1. The van der Waals surface area contributed by atoms with Gasteiger partial charge in [-0.15, -0.1) is 0 Å². The number of rotatable bonds is 4. The van der Waals surface area contributed by atoms with Gasteiger partial charge in [0.15, 0.2) is 5.82 Å². The van der Waals surface area contributed by atoms with Gasteiger partial charge in [-0.2, -0.15) is 4.98 Å². The van der Waals surface area contributed by atoms with Gasteiger partial charge in [0.25, 0.3) is 0 Å². The van der Waals surface area contributed by atoms with Gasteiger partial charge in [0.2, 0.25) is 5.71 Å². The number of nitrogens with two attached hydrogens (primary N) is 1. The first-order valence-electron chi connectivity index (χ1n) is 8.64. The Morgan fingerprint density at radius 2 is 2.15 bits per heavy atom. The summed E-state index contributed by atoms with van der Waals surface area (Å²) >= 11 is 0. The van der Waals surface area contributed by atoms with E-state index in [0.29, 0.717) is 34.8 Å². The Morgan fingerprint density at radius 3 is 2.96 bits per heavy atom. The van der Waals surface area contributed by atoms with E-state index in [4.69, 9.17) is 14.9 Å². The molecule has 0 saturated heterocycles. The van der Waals surface area contributed by atoms with Gasteiger partial charge >= 0.3 is 5.97 Å². The molecule has 26 heavy (non-hydrogen) atoms. The summed E-state index contributed by atoms with van der Waals surface area (Å²) in [6.45, 7) is 5.17. The Labute approximate surface area is 150 Å². The molecule has 0 spiro atoms. The molecule has 2 aromatic heterocycles. The number of para-hydroxylation sites is 1. The molecule has 2 N–H and O–H groups in total. The number of hydrogen-bond acceptors (Lipinski definition) is 7. The number of nitrogen functional groups attached to an aromatic ring is 1. The minimum absolute atomic E-state index is 0.234. The molecule has 0 aliphatic carbocycles. The molecule has 134 valence electrons. The maximum Gasteiger partial charge on any atom is 0.342 e. The number of ether oxygens (including phenoxy) is 1. The van der Waals surface area contributed by atoms with E-state index in [1.54, 1.807) is 13.8 Å². The zero-order chi connectivity index (χ0) is 18.3. The number of furan rings is 1. The second kappa shape index (κ2) is 6.33. The van der Waals surface area contributed by atoms with Crippen molar-refractivity contribution in [1.82, 2.24) is 9.97 Å². The Hall–Kier alpha value is -3.09. The average molecular weight is 352 g/mol. The van der Waals surface area contributed by atoms with Crippen molar-refractivity contribution in [2.24, 2.45) is 0 Å².